The van der Waals surface area contributed by atoms with Gasteiger partial charge < -0.3 is 4.72 Å². The van der Waals surface area contributed by atoms with Crippen LogP contribution in [0.4, 0.5) is 18.9 Å². The minimum Gasteiger partial charge on any atom is -0.321 e. The predicted molar refractivity (Wildman–Crippen MR) is 111 cm³/mol. The van der Waals surface area contributed by atoms with Crippen molar-refractivity contribution in [2.75, 3.05) is 4.72 Å². The average molecular weight is 435 g/mol. The Hall–Kier alpha value is -2.57. The minimum absolute atomic E-state index is 0.112. The SMILES string of the molecule is CC(C)Cc1cc(-c2nc(-c3ccc(NSC(F)(F)F)c(C#N)c3)cs2)ccn1. The first-order valence-corrected chi connectivity index (χ1v) is 10.4. The molecular weight excluding hydrogens is 417 g/mol. The molecule has 2 heterocycles. The molecule has 0 aliphatic heterocycles. The molecule has 9 heteroatoms. The number of benzene rings is 1. The third-order valence-corrected chi connectivity index (χ3v) is 5.34. The standard InChI is InChI=1S/C20H17F3N4S2/c1-12(2)7-16-9-14(5-6-25-16)19-26-18(11-28-19)13-3-4-17(15(8-13)10-24)27-29-20(21,22)23/h3-6,8-9,11-12,27H,7H2,1-2H3. The summed E-state index contributed by atoms with van der Waals surface area (Å²) in [4.78, 5) is 9.03. The summed E-state index contributed by atoms with van der Waals surface area (Å²) in [5.74, 6) is 0.497. The molecule has 3 aromatic rings. The summed E-state index contributed by atoms with van der Waals surface area (Å²) in [5.41, 5.74) is -0.903. The van der Waals surface area contributed by atoms with Crippen LogP contribution in [0.3, 0.4) is 0 Å². The van der Waals surface area contributed by atoms with Gasteiger partial charge in [0.25, 0.3) is 0 Å². The topological polar surface area (TPSA) is 61.6 Å². The van der Waals surface area contributed by atoms with Gasteiger partial charge in [0.15, 0.2) is 0 Å². The first kappa shape index (κ1) is 21.1. The van der Waals surface area contributed by atoms with Gasteiger partial charge in [0, 0.05) is 28.4 Å². The number of hydrogen-bond donors (Lipinski definition) is 1. The van der Waals surface area contributed by atoms with Crippen LogP contribution in [0.15, 0.2) is 41.9 Å². The van der Waals surface area contributed by atoms with E-state index in [4.69, 9.17) is 0 Å². The number of hydrogen-bond acceptors (Lipinski definition) is 6. The van der Waals surface area contributed by atoms with Crippen molar-refractivity contribution in [1.29, 1.82) is 5.26 Å². The highest BCUT2D eigenvalue weighted by molar-refractivity contribution is 8.01. The van der Waals surface area contributed by atoms with E-state index in [1.54, 1.807) is 12.3 Å². The van der Waals surface area contributed by atoms with Crippen LogP contribution in [-0.4, -0.2) is 15.5 Å². The molecule has 0 fully saturated rings. The molecule has 1 N–H and O–H groups in total. The number of alkyl halides is 3. The number of nitriles is 1. The first-order valence-electron chi connectivity index (χ1n) is 8.71. The Bertz CT molecular complexity index is 1040. The number of nitrogens with one attached hydrogen (secondary N) is 1. The maximum Gasteiger partial charge on any atom is 0.461 e. The number of aromatic nitrogens is 2. The van der Waals surface area contributed by atoms with Gasteiger partial charge in [-0.2, -0.15) is 18.4 Å². The molecule has 0 aliphatic rings. The summed E-state index contributed by atoms with van der Waals surface area (Å²) < 4.78 is 39.3. The number of thiazole rings is 1. The van der Waals surface area contributed by atoms with E-state index in [0.29, 0.717) is 17.2 Å². The second-order valence-electron chi connectivity index (χ2n) is 6.69. The van der Waals surface area contributed by atoms with E-state index in [1.165, 1.54) is 23.5 Å². The molecule has 1 aromatic carbocycles. The summed E-state index contributed by atoms with van der Waals surface area (Å²) >= 11 is 1.07. The monoisotopic (exact) mass is 434 g/mol. The summed E-state index contributed by atoms with van der Waals surface area (Å²) in [6, 6.07) is 10.5. The van der Waals surface area contributed by atoms with Gasteiger partial charge >= 0.3 is 5.51 Å². The molecule has 150 valence electrons. The van der Waals surface area contributed by atoms with Crippen LogP contribution in [0.5, 0.6) is 0 Å². The fraction of sp³-hybridized carbons (Fsp3) is 0.250. The van der Waals surface area contributed by atoms with Crippen molar-refractivity contribution in [1.82, 2.24) is 9.97 Å². The fourth-order valence-electron chi connectivity index (χ4n) is 2.68. The molecule has 0 saturated carbocycles. The number of nitrogens with zero attached hydrogens (tertiary/aromatic N) is 3. The first-order chi connectivity index (χ1) is 13.7. The Kier molecular flexibility index (Phi) is 6.45. The number of anilines is 1. The zero-order chi connectivity index (χ0) is 21.0. The number of rotatable bonds is 6. The van der Waals surface area contributed by atoms with Crippen molar-refractivity contribution in [3.05, 3.63) is 53.2 Å². The molecule has 0 saturated heterocycles. The van der Waals surface area contributed by atoms with Crippen molar-refractivity contribution in [2.24, 2.45) is 5.92 Å². The van der Waals surface area contributed by atoms with Crippen LogP contribution < -0.4 is 4.72 Å². The van der Waals surface area contributed by atoms with E-state index in [0.717, 1.165) is 22.7 Å². The van der Waals surface area contributed by atoms with Gasteiger partial charge in [-0.3, -0.25) is 4.98 Å². The van der Waals surface area contributed by atoms with E-state index in [-0.39, 0.29) is 11.3 Å². The molecule has 0 unspecified atom stereocenters. The highest BCUT2D eigenvalue weighted by Crippen LogP contribution is 2.34. The van der Waals surface area contributed by atoms with Crippen LogP contribution in [0.2, 0.25) is 0 Å². The van der Waals surface area contributed by atoms with Crippen LogP contribution in [0.1, 0.15) is 25.1 Å². The summed E-state index contributed by atoms with van der Waals surface area (Å²) in [7, 11) is 0. The summed E-state index contributed by atoms with van der Waals surface area (Å²) in [6.07, 6.45) is 2.64. The predicted octanol–water partition coefficient (Wildman–Crippen LogP) is 6.52. The zero-order valence-corrected chi connectivity index (χ0v) is 17.3. The van der Waals surface area contributed by atoms with Gasteiger partial charge in [0.1, 0.15) is 11.1 Å². The number of pyridine rings is 1. The summed E-state index contributed by atoms with van der Waals surface area (Å²) in [6.45, 7) is 4.27. The second-order valence-corrected chi connectivity index (χ2v) is 8.42. The van der Waals surface area contributed by atoms with E-state index in [9.17, 15) is 18.4 Å². The largest absolute Gasteiger partial charge is 0.461 e. The van der Waals surface area contributed by atoms with Gasteiger partial charge in [-0.25, -0.2) is 4.98 Å². The Balaban J connectivity index is 1.84. The van der Waals surface area contributed by atoms with E-state index >= 15 is 0 Å². The van der Waals surface area contributed by atoms with Crippen LogP contribution in [0.25, 0.3) is 21.8 Å². The fourth-order valence-corrected chi connectivity index (χ4v) is 3.91. The van der Waals surface area contributed by atoms with Crippen molar-refractivity contribution in [3.8, 4) is 27.9 Å². The van der Waals surface area contributed by atoms with Crippen molar-refractivity contribution >= 4 is 29.0 Å². The lowest BCUT2D eigenvalue weighted by molar-refractivity contribution is -0.0323. The maximum absolute atomic E-state index is 12.4. The molecule has 29 heavy (non-hydrogen) atoms. The molecule has 0 spiro atoms. The molecule has 3 rings (SSSR count). The van der Waals surface area contributed by atoms with Crippen molar-refractivity contribution < 1.29 is 13.2 Å². The van der Waals surface area contributed by atoms with Crippen molar-refractivity contribution in [3.63, 3.8) is 0 Å². The second kappa shape index (κ2) is 8.84. The molecule has 0 radical (unpaired) electrons. The van der Waals surface area contributed by atoms with Crippen LogP contribution in [-0.2, 0) is 6.42 Å². The Morgan fingerprint density at radius 1 is 1.21 bits per heavy atom. The molecule has 0 amide bonds. The van der Waals surface area contributed by atoms with Crippen LogP contribution in [0, 0.1) is 17.2 Å². The smallest absolute Gasteiger partial charge is 0.321 e. The Labute approximate surface area is 175 Å². The van der Waals surface area contributed by atoms with E-state index in [1.807, 2.05) is 23.6 Å². The lowest BCUT2D eigenvalue weighted by atomic mass is 10.1. The highest BCUT2D eigenvalue weighted by atomic mass is 32.2. The maximum atomic E-state index is 12.4. The normalized spacial score (nSPS) is 11.5. The van der Waals surface area contributed by atoms with Gasteiger partial charge in [-0.1, -0.05) is 19.9 Å². The number of halogens is 3. The molecule has 0 atom stereocenters. The van der Waals surface area contributed by atoms with Crippen LogP contribution >= 0.6 is 23.3 Å². The molecular formula is C20H17F3N4S2. The summed E-state index contributed by atoms with van der Waals surface area (Å²) in [5, 5.41) is 12.0. The lowest BCUT2D eigenvalue weighted by Crippen LogP contribution is -2.05. The van der Waals surface area contributed by atoms with Gasteiger partial charge in [0.2, 0.25) is 0 Å². The van der Waals surface area contributed by atoms with Gasteiger partial charge in [-0.05, 0) is 36.6 Å². The molecule has 4 nitrogen and oxygen atoms in total. The van der Waals surface area contributed by atoms with E-state index < -0.39 is 17.5 Å². The highest BCUT2D eigenvalue weighted by Gasteiger charge is 2.29. The average Bonchev–Trinajstić information content (AvgIpc) is 3.15. The quantitative estimate of drug-likeness (QED) is 0.447. The lowest BCUT2D eigenvalue weighted by Gasteiger charge is -2.10. The Morgan fingerprint density at radius 2 is 2.00 bits per heavy atom. The van der Waals surface area contributed by atoms with Crippen molar-refractivity contribution in [2.45, 2.75) is 25.8 Å². The molecule has 0 aliphatic carbocycles. The Morgan fingerprint density at radius 3 is 2.69 bits per heavy atom. The zero-order valence-electron chi connectivity index (χ0n) is 15.6. The van der Waals surface area contributed by atoms with E-state index in [2.05, 4.69) is 28.5 Å². The van der Waals surface area contributed by atoms with Gasteiger partial charge in [0.05, 0.1) is 28.9 Å². The minimum atomic E-state index is -4.44. The molecule has 0 bridgehead atoms. The third kappa shape index (κ3) is 5.71. The third-order valence-electron chi connectivity index (χ3n) is 3.90. The van der Waals surface area contributed by atoms with Gasteiger partial charge in [-0.15, -0.1) is 11.3 Å². The molecule has 2 aromatic heterocycles.